The second-order valence-corrected chi connectivity index (χ2v) is 4.91. The van der Waals surface area contributed by atoms with Crippen LogP contribution in [0.5, 0.6) is 0 Å². The van der Waals surface area contributed by atoms with Gasteiger partial charge in [-0.25, -0.2) is 4.68 Å². The Bertz CT molecular complexity index is 509. The molecule has 0 saturated heterocycles. The number of nitrogens with one attached hydrogen (secondary N) is 1. The third-order valence-corrected chi connectivity index (χ3v) is 3.39. The highest BCUT2D eigenvalue weighted by molar-refractivity contribution is 5.34. The first-order valence-corrected chi connectivity index (χ1v) is 6.72. The van der Waals surface area contributed by atoms with E-state index in [1.165, 1.54) is 24.1 Å². The van der Waals surface area contributed by atoms with Crippen molar-refractivity contribution in [1.29, 1.82) is 0 Å². The lowest BCUT2D eigenvalue weighted by molar-refractivity contribution is 0.726. The lowest BCUT2D eigenvalue weighted by Crippen LogP contribution is -2.11. The highest BCUT2D eigenvalue weighted by Crippen LogP contribution is 2.38. The molecule has 0 amide bonds. The standard InChI is InChI=1S/C15H19N3/c1-2-16-11-12-3-7-14(8-4-12)18-10-9-15(17-18)13-5-6-13/h3-4,7-10,13,16H,2,5-6,11H2,1H3. The molecule has 2 aromatic rings. The number of rotatable bonds is 5. The van der Waals surface area contributed by atoms with Gasteiger partial charge in [0.1, 0.15) is 0 Å². The predicted octanol–water partition coefficient (Wildman–Crippen LogP) is 2.86. The molecule has 1 heterocycles. The summed E-state index contributed by atoms with van der Waals surface area (Å²) in [6.07, 6.45) is 4.67. The van der Waals surface area contributed by atoms with E-state index in [1.807, 2.05) is 4.68 Å². The molecule has 18 heavy (non-hydrogen) atoms. The molecular weight excluding hydrogens is 222 g/mol. The molecule has 94 valence electrons. The molecular formula is C15H19N3. The molecule has 3 nitrogen and oxygen atoms in total. The van der Waals surface area contributed by atoms with Crippen molar-refractivity contribution in [3.63, 3.8) is 0 Å². The summed E-state index contributed by atoms with van der Waals surface area (Å²) in [5.74, 6) is 0.722. The molecule has 1 aromatic heterocycles. The largest absolute Gasteiger partial charge is 0.313 e. The summed E-state index contributed by atoms with van der Waals surface area (Å²) >= 11 is 0. The van der Waals surface area contributed by atoms with Crippen molar-refractivity contribution in [2.45, 2.75) is 32.2 Å². The lowest BCUT2D eigenvalue weighted by atomic mass is 10.2. The molecule has 1 aliphatic carbocycles. The molecule has 1 aromatic carbocycles. The first-order chi connectivity index (χ1) is 8.86. The Balaban J connectivity index is 1.74. The average Bonchev–Trinajstić information content (AvgIpc) is 3.15. The molecule has 1 N–H and O–H groups in total. The summed E-state index contributed by atoms with van der Waals surface area (Å²) in [4.78, 5) is 0. The third kappa shape index (κ3) is 2.46. The van der Waals surface area contributed by atoms with Gasteiger partial charge in [-0.05, 0) is 43.1 Å². The monoisotopic (exact) mass is 241 g/mol. The quantitative estimate of drug-likeness (QED) is 0.872. The molecule has 3 rings (SSSR count). The summed E-state index contributed by atoms with van der Waals surface area (Å²) in [6, 6.07) is 10.7. The van der Waals surface area contributed by atoms with E-state index >= 15 is 0 Å². The van der Waals surface area contributed by atoms with E-state index in [1.54, 1.807) is 0 Å². The summed E-state index contributed by atoms with van der Waals surface area (Å²) in [6.45, 7) is 4.06. The number of hydrogen-bond donors (Lipinski definition) is 1. The number of nitrogens with zero attached hydrogens (tertiary/aromatic N) is 2. The maximum Gasteiger partial charge on any atom is 0.0659 e. The van der Waals surface area contributed by atoms with Crippen LogP contribution in [0.3, 0.4) is 0 Å². The minimum absolute atomic E-state index is 0.722. The highest BCUT2D eigenvalue weighted by atomic mass is 15.3. The van der Waals surface area contributed by atoms with Crippen LogP contribution >= 0.6 is 0 Å². The Morgan fingerprint density at radius 3 is 2.67 bits per heavy atom. The Morgan fingerprint density at radius 2 is 2.00 bits per heavy atom. The van der Waals surface area contributed by atoms with Crippen LogP contribution < -0.4 is 5.32 Å². The average molecular weight is 241 g/mol. The highest BCUT2D eigenvalue weighted by Gasteiger charge is 2.25. The SMILES string of the molecule is CCNCc1ccc(-n2ccc(C3CC3)n2)cc1. The zero-order chi connectivity index (χ0) is 12.4. The molecule has 0 bridgehead atoms. The molecule has 0 radical (unpaired) electrons. The lowest BCUT2D eigenvalue weighted by Gasteiger charge is -2.04. The van der Waals surface area contributed by atoms with Gasteiger partial charge in [0.2, 0.25) is 0 Å². The van der Waals surface area contributed by atoms with Crippen molar-refractivity contribution in [2.75, 3.05) is 6.54 Å². The van der Waals surface area contributed by atoms with E-state index in [4.69, 9.17) is 0 Å². The van der Waals surface area contributed by atoms with E-state index in [0.29, 0.717) is 0 Å². The Labute approximate surface area is 108 Å². The van der Waals surface area contributed by atoms with E-state index in [-0.39, 0.29) is 0 Å². The van der Waals surface area contributed by atoms with Gasteiger partial charge >= 0.3 is 0 Å². The van der Waals surface area contributed by atoms with Crippen LogP contribution in [0.2, 0.25) is 0 Å². The fraction of sp³-hybridized carbons (Fsp3) is 0.400. The second-order valence-electron chi connectivity index (χ2n) is 4.91. The first kappa shape index (κ1) is 11.5. The summed E-state index contributed by atoms with van der Waals surface area (Å²) in [5, 5.41) is 7.96. The van der Waals surface area contributed by atoms with Crippen LogP contribution in [0.15, 0.2) is 36.5 Å². The fourth-order valence-electron chi connectivity index (χ4n) is 2.11. The Kier molecular flexibility index (Phi) is 3.15. The van der Waals surface area contributed by atoms with Gasteiger partial charge in [0.15, 0.2) is 0 Å². The fourth-order valence-corrected chi connectivity index (χ4v) is 2.11. The molecule has 3 heteroatoms. The topological polar surface area (TPSA) is 29.9 Å². The van der Waals surface area contributed by atoms with Crippen LogP contribution in [0.25, 0.3) is 5.69 Å². The molecule has 1 aliphatic rings. The van der Waals surface area contributed by atoms with Gasteiger partial charge in [-0.15, -0.1) is 0 Å². The molecule has 0 atom stereocenters. The number of hydrogen-bond acceptors (Lipinski definition) is 2. The molecule has 0 unspecified atom stereocenters. The predicted molar refractivity (Wildman–Crippen MR) is 72.9 cm³/mol. The van der Waals surface area contributed by atoms with E-state index in [0.717, 1.165) is 24.7 Å². The van der Waals surface area contributed by atoms with Crippen molar-refractivity contribution in [3.8, 4) is 5.69 Å². The van der Waals surface area contributed by atoms with Crippen molar-refractivity contribution in [3.05, 3.63) is 47.8 Å². The summed E-state index contributed by atoms with van der Waals surface area (Å²) in [5.41, 5.74) is 3.70. The second kappa shape index (κ2) is 4.94. The molecule has 1 fully saturated rings. The van der Waals surface area contributed by atoms with E-state index < -0.39 is 0 Å². The van der Waals surface area contributed by atoms with Crippen molar-refractivity contribution in [1.82, 2.24) is 15.1 Å². The summed E-state index contributed by atoms with van der Waals surface area (Å²) < 4.78 is 1.98. The summed E-state index contributed by atoms with van der Waals surface area (Å²) in [7, 11) is 0. The van der Waals surface area contributed by atoms with Gasteiger partial charge in [0, 0.05) is 18.7 Å². The number of benzene rings is 1. The van der Waals surface area contributed by atoms with Crippen molar-refractivity contribution in [2.24, 2.45) is 0 Å². The van der Waals surface area contributed by atoms with Crippen LogP contribution in [-0.2, 0) is 6.54 Å². The Morgan fingerprint density at radius 1 is 1.22 bits per heavy atom. The van der Waals surface area contributed by atoms with Gasteiger partial charge in [-0.1, -0.05) is 19.1 Å². The minimum atomic E-state index is 0.722. The van der Waals surface area contributed by atoms with Gasteiger partial charge in [0.05, 0.1) is 11.4 Å². The molecule has 0 spiro atoms. The first-order valence-electron chi connectivity index (χ1n) is 6.72. The van der Waals surface area contributed by atoms with Crippen LogP contribution in [0.1, 0.15) is 36.9 Å². The smallest absolute Gasteiger partial charge is 0.0659 e. The zero-order valence-corrected chi connectivity index (χ0v) is 10.8. The van der Waals surface area contributed by atoms with Crippen molar-refractivity contribution < 1.29 is 0 Å². The molecule has 0 aliphatic heterocycles. The maximum absolute atomic E-state index is 4.64. The van der Waals surface area contributed by atoms with E-state index in [9.17, 15) is 0 Å². The van der Waals surface area contributed by atoms with E-state index in [2.05, 4.69) is 53.9 Å². The Hall–Kier alpha value is -1.61. The van der Waals surface area contributed by atoms with Gasteiger partial charge < -0.3 is 5.32 Å². The van der Waals surface area contributed by atoms with Crippen molar-refractivity contribution >= 4 is 0 Å². The van der Waals surface area contributed by atoms with Crippen LogP contribution in [0.4, 0.5) is 0 Å². The minimum Gasteiger partial charge on any atom is -0.313 e. The molecule has 1 saturated carbocycles. The van der Waals surface area contributed by atoms with Gasteiger partial charge in [-0.2, -0.15) is 5.10 Å². The van der Waals surface area contributed by atoms with Gasteiger partial charge in [-0.3, -0.25) is 0 Å². The third-order valence-electron chi connectivity index (χ3n) is 3.39. The van der Waals surface area contributed by atoms with Crippen LogP contribution in [-0.4, -0.2) is 16.3 Å². The van der Waals surface area contributed by atoms with Crippen LogP contribution in [0, 0.1) is 0 Å². The van der Waals surface area contributed by atoms with Gasteiger partial charge in [0.25, 0.3) is 0 Å². The zero-order valence-electron chi connectivity index (χ0n) is 10.8. The normalized spacial score (nSPS) is 14.9. The number of aromatic nitrogens is 2. The maximum atomic E-state index is 4.64.